The molecule has 0 heterocycles. The Morgan fingerprint density at radius 3 is 2.38 bits per heavy atom. The van der Waals surface area contributed by atoms with Gasteiger partial charge in [-0.1, -0.05) is 5.16 Å². The second-order valence-electron chi connectivity index (χ2n) is 2.43. The molecule has 13 heavy (non-hydrogen) atoms. The van der Waals surface area contributed by atoms with Crippen molar-refractivity contribution in [3.8, 4) is 5.75 Å². The number of aliphatic hydroxyl groups excluding tert-OH is 1. The zero-order valence-electron chi connectivity index (χ0n) is 7.27. The Kier molecular flexibility index (Phi) is 3.28. The van der Waals surface area contributed by atoms with Gasteiger partial charge in [0.15, 0.2) is 0 Å². The van der Waals surface area contributed by atoms with Gasteiger partial charge in [0.1, 0.15) is 11.5 Å². The molecule has 0 aromatic heterocycles. The van der Waals surface area contributed by atoms with Crippen molar-refractivity contribution in [3.05, 3.63) is 29.8 Å². The molecule has 1 aromatic rings. The van der Waals surface area contributed by atoms with Crippen molar-refractivity contribution in [2.24, 2.45) is 5.16 Å². The van der Waals surface area contributed by atoms with Crippen LogP contribution in [0.3, 0.4) is 0 Å². The second kappa shape index (κ2) is 4.47. The average Bonchev–Trinajstić information content (AvgIpc) is 2.21. The minimum absolute atomic E-state index is 0.239. The molecule has 1 rings (SSSR count). The number of hydrogen-bond donors (Lipinski definition) is 2. The van der Waals surface area contributed by atoms with Crippen LogP contribution in [0, 0.1) is 0 Å². The summed E-state index contributed by atoms with van der Waals surface area (Å²) in [6, 6.07) is 6.89. The van der Waals surface area contributed by atoms with Gasteiger partial charge < -0.3 is 15.1 Å². The highest BCUT2D eigenvalue weighted by molar-refractivity contribution is 6.01. The Morgan fingerprint density at radius 1 is 1.38 bits per heavy atom. The van der Waals surface area contributed by atoms with Gasteiger partial charge in [-0.3, -0.25) is 0 Å². The number of oxime groups is 1. The average molecular weight is 181 g/mol. The molecule has 0 spiro atoms. The molecule has 0 radical (unpaired) electrons. The van der Waals surface area contributed by atoms with Gasteiger partial charge in [0.05, 0.1) is 13.7 Å². The van der Waals surface area contributed by atoms with E-state index in [1.54, 1.807) is 31.4 Å². The van der Waals surface area contributed by atoms with E-state index in [4.69, 9.17) is 15.1 Å². The van der Waals surface area contributed by atoms with Crippen LogP contribution in [0.25, 0.3) is 0 Å². The van der Waals surface area contributed by atoms with Crippen LogP contribution in [0.15, 0.2) is 29.4 Å². The molecule has 0 aliphatic carbocycles. The van der Waals surface area contributed by atoms with Crippen molar-refractivity contribution in [2.45, 2.75) is 0 Å². The van der Waals surface area contributed by atoms with Crippen LogP contribution in [-0.2, 0) is 0 Å². The largest absolute Gasteiger partial charge is 0.497 e. The minimum atomic E-state index is -0.289. The maximum atomic E-state index is 8.78. The molecule has 0 atom stereocenters. The Labute approximate surface area is 76.1 Å². The van der Waals surface area contributed by atoms with Crippen molar-refractivity contribution >= 4 is 5.71 Å². The van der Waals surface area contributed by atoms with Gasteiger partial charge in [-0.05, 0) is 24.3 Å². The van der Waals surface area contributed by atoms with E-state index in [2.05, 4.69) is 5.16 Å². The normalized spacial score (nSPS) is 11.4. The number of aliphatic hydroxyl groups is 1. The Balaban J connectivity index is 2.91. The molecule has 2 N–H and O–H groups in total. The SMILES string of the molecule is COc1ccc(/C(CO)=N/O)cc1. The van der Waals surface area contributed by atoms with Gasteiger partial charge in [-0.2, -0.15) is 0 Å². The van der Waals surface area contributed by atoms with Gasteiger partial charge in [-0.15, -0.1) is 0 Å². The Morgan fingerprint density at radius 2 is 2.00 bits per heavy atom. The van der Waals surface area contributed by atoms with Gasteiger partial charge in [0.25, 0.3) is 0 Å². The third kappa shape index (κ3) is 2.19. The first-order valence-corrected chi connectivity index (χ1v) is 3.78. The van der Waals surface area contributed by atoms with Crippen molar-refractivity contribution in [3.63, 3.8) is 0 Å². The predicted octanol–water partition coefficient (Wildman–Crippen LogP) is 0.866. The number of ether oxygens (including phenoxy) is 1. The van der Waals surface area contributed by atoms with Gasteiger partial charge in [0.2, 0.25) is 0 Å². The summed E-state index contributed by atoms with van der Waals surface area (Å²) in [4.78, 5) is 0. The number of benzene rings is 1. The first-order valence-electron chi connectivity index (χ1n) is 3.78. The molecular weight excluding hydrogens is 170 g/mol. The Hall–Kier alpha value is -1.55. The van der Waals surface area contributed by atoms with Crippen LogP contribution in [0.1, 0.15) is 5.56 Å². The van der Waals surface area contributed by atoms with E-state index in [0.717, 1.165) is 5.75 Å². The zero-order chi connectivity index (χ0) is 9.68. The quantitative estimate of drug-likeness (QED) is 0.413. The molecule has 0 fully saturated rings. The van der Waals surface area contributed by atoms with Gasteiger partial charge in [0, 0.05) is 5.56 Å². The maximum Gasteiger partial charge on any atom is 0.118 e. The lowest BCUT2D eigenvalue weighted by Crippen LogP contribution is -2.05. The summed E-state index contributed by atoms with van der Waals surface area (Å²) in [6.45, 7) is -0.289. The molecule has 0 bridgehead atoms. The van der Waals surface area contributed by atoms with Gasteiger partial charge >= 0.3 is 0 Å². The van der Waals surface area contributed by atoms with E-state index in [1.165, 1.54) is 0 Å². The molecule has 0 saturated carbocycles. The maximum absolute atomic E-state index is 8.78. The van der Waals surface area contributed by atoms with E-state index < -0.39 is 0 Å². The fourth-order valence-electron chi connectivity index (χ4n) is 0.964. The molecule has 0 saturated heterocycles. The lowest BCUT2D eigenvalue weighted by molar-refractivity contribution is 0.304. The summed E-state index contributed by atoms with van der Waals surface area (Å²) in [6.07, 6.45) is 0. The number of nitrogens with zero attached hydrogens (tertiary/aromatic N) is 1. The van der Waals surface area contributed by atoms with Gasteiger partial charge in [-0.25, -0.2) is 0 Å². The van der Waals surface area contributed by atoms with Crippen molar-refractivity contribution in [1.82, 2.24) is 0 Å². The minimum Gasteiger partial charge on any atom is -0.497 e. The van der Waals surface area contributed by atoms with Crippen LogP contribution in [0.4, 0.5) is 0 Å². The van der Waals surface area contributed by atoms with Crippen molar-refractivity contribution < 1.29 is 15.1 Å². The summed E-state index contributed by atoms with van der Waals surface area (Å²) in [5, 5.41) is 20.2. The molecule has 0 aliphatic rings. The molecule has 4 nitrogen and oxygen atoms in total. The number of hydrogen-bond acceptors (Lipinski definition) is 4. The third-order valence-corrected chi connectivity index (χ3v) is 1.69. The molecular formula is C9H11NO3. The highest BCUT2D eigenvalue weighted by atomic mass is 16.5. The second-order valence-corrected chi connectivity index (χ2v) is 2.43. The summed E-state index contributed by atoms with van der Waals surface area (Å²) >= 11 is 0. The van der Waals surface area contributed by atoms with E-state index in [0.29, 0.717) is 5.56 Å². The zero-order valence-corrected chi connectivity index (χ0v) is 7.27. The molecule has 70 valence electrons. The smallest absolute Gasteiger partial charge is 0.118 e. The summed E-state index contributed by atoms with van der Waals surface area (Å²) < 4.78 is 4.95. The number of rotatable bonds is 3. The van der Waals surface area contributed by atoms with Crippen LogP contribution < -0.4 is 4.74 Å². The standard InChI is InChI=1S/C9H11NO3/c1-13-8-4-2-7(3-5-8)9(6-11)10-12/h2-5,11-12H,6H2,1H3/b10-9+. The predicted molar refractivity (Wildman–Crippen MR) is 48.4 cm³/mol. The molecule has 0 aliphatic heterocycles. The lowest BCUT2D eigenvalue weighted by Gasteiger charge is -2.02. The summed E-state index contributed by atoms with van der Waals surface area (Å²) in [5.74, 6) is 0.721. The summed E-state index contributed by atoms with van der Waals surface area (Å²) in [7, 11) is 1.57. The topological polar surface area (TPSA) is 62.0 Å². The van der Waals surface area contributed by atoms with Crippen LogP contribution in [0.5, 0.6) is 5.75 Å². The molecule has 0 amide bonds. The summed E-state index contributed by atoms with van der Waals surface area (Å²) in [5.41, 5.74) is 0.911. The van der Waals surface area contributed by atoms with Crippen molar-refractivity contribution in [2.75, 3.05) is 13.7 Å². The monoisotopic (exact) mass is 181 g/mol. The first kappa shape index (κ1) is 9.54. The van der Waals surface area contributed by atoms with E-state index >= 15 is 0 Å². The Bertz CT molecular complexity index is 292. The third-order valence-electron chi connectivity index (χ3n) is 1.69. The first-order chi connectivity index (χ1) is 6.31. The lowest BCUT2D eigenvalue weighted by atomic mass is 10.1. The van der Waals surface area contributed by atoms with E-state index in [1.807, 2.05) is 0 Å². The van der Waals surface area contributed by atoms with Crippen LogP contribution in [-0.4, -0.2) is 29.7 Å². The van der Waals surface area contributed by atoms with E-state index in [-0.39, 0.29) is 12.3 Å². The molecule has 0 unspecified atom stereocenters. The fourth-order valence-corrected chi connectivity index (χ4v) is 0.964. The molecule has 1 aromatic carbocycles. The van der Waals surface area contributed by atoms with Crippen LogP contribution in [0.2, 0.25) is 0 Å². The van der Waals surface area contributed by atoms with E-state index in [9.17, 15) is 0 Å². The van der Waals surface area contributed by atoms with Crippen molar-refractivity contribution in [1.29, 1.82) is 0 Å². The fraction of sp³-hybridized carbons (Fsp3) is 0.222. The van der Waals surface area contributed by atoms with Crippen LogP contribution >= 0.6 is 0 Å². The highest BCUT2D eigenvalue weighted by Gasteiger charge is 2.01. The molecule has 4 heteroatoms. The number of methoxy groups -OCH3 is 1. The highest BCUT2D eigenvalue weighted by Crippen LogP contribution is 2.11.